The van der Waals surface area contributed by atoms with Crippen molar-refractivity contribution in [1.29, 1.82) is 0 Å². The summed E-state index contributed by atoms with van der Waals surface area (Å²) in [5.41, 5.74) is 0. The van der Waals surface area contributed by atoms with E-state index in [0.29, 0.717) is 12.8 Å². The smallest absolute Gasteiger partial charge is 0.550 e. The van der Waals surface area contributed by atoms with Crippen molar-refractivity contribution < 1.29 is 43.6 Å². The van der Waals surface area contributed by atoms with Crippen LogP contribution in [-0.4, -0.2) is 5.97 Å². The molecule has 0 aromatic carbocycles. The monoisotopic (exact) mass is 169 g/mol. The number of carbonyl (C=O) groups is 1. The Balaban J connectivity index is 0. The molecule has 0 spiro atoms. The third-order valence-corrected chi connectivity index (χ3v) is 1.31. The Bertz CT molecular complexity index is 159. The van der Waals surface area contributed by atoms with Crippen LogP contribution in [0.4, 0.5) is 0 Å². The maximum atomic E-state index is 9.99. The van der Waals surface area contributed by atoms with Crippen molar-refractivity contribution in [3.05, 3.63) is 0 Å². The Morgan fingerprint density at radius 1 is 1.36 bits per heavy atom. The first-order valence-corrected chi connectivity index (χ1v) is 3.62. The third kappa shape index (κ3) is 13.5. The predicted molar refractivity (Wildman–Crippen MR) is 38.4 cm³/mol. The van der Waals surface area contributed by atoms with E-state index in [2.05, 4.69) is 0 Å². The molecule has 0 aromatic heterocycles. The fourth-order valence-corrected chi connectivity index (χ4v) is 0.748. The molecule has 0 aliphatic rings. The van der Waals surface area contributed by atoms with Crippen LogP contribution in [0.3, 0.4) is 0 Å². The largest absolute Gasteiger partial charge is 1.00 e. The van der Waals surface area contributed by atoms with Gasteiger partial charge in [-0.1, -0.05) is 32.5 Å². The summed E-state index contributed by atoms with van der Waals surface area (Å²) < 4.78 is 20.7. The van der Waals surface area contributed by atoms with E-state index in [1.54, 1.807) is 0 Å². The molecule has 0 atom stereocenters. The molecule has 3 heteroatoms. The molecule has 0 heterocycles. The molecule has 0 saturated carbocycles. The third-order valence-electron chi connectivity index (χ3n) is 1.31. The van der Waals surface area contributed by atoms with Gasteiger partial charge in [0, 0.05) is 10.1 Å². The molecule has 11 heavy (non-hydrogen) atoms. The van der Waals surface area contributed by atoms with Crippen LogP contribution in [0.1, 0.15) is 49.5 Å². The Morgan fingerprint density at radius 3 is 2.55 bits per heavy atom. The average Bonchev–Trinajstić information content (AvgIpc) is 1.93. The zero-order chi connectivity index (χ0) is 10.3. The molecule has 0 aromatic rings. The van der Waals surface area contributed by atoms with Crippen molar-refractivity contribution in [3.63, 3.8) is 0 Å². The minimum atomic E-state index is -1.84. The summed E-state index contributed by atoms with van der Waals surface area (Å²) in [6.07, 6.45) is 3.08. The first-order chi connectivity index (χ1) is 5.92. The van der Waals surface area contributed by atoms with E-state index in [9.17, 15) is 9.90 Å². The number of unbranched alkanes of at least 4 members (excludes halogenated alkanes) is 3. The van der Waals surface area contributed by atoms with E-state index in [0.717, 1.165) is 12.8 Å². The first kappa shape index (κ1) is 8.09. The molecular weight excluding hydrogens is 151 g/mol. The Morgan fingerprint density at radius 2 is 2.00 bits per heavy atom. The van der Waals surface area contributed by atoms with Gasteiger partial charge in [0.1, 0.15) is 0 Å². The summed E-state index contributed by atoms with van der Waals surface area (Å²) in [5, 5.41) is 9.99. The van der Waals surface area contributed by atoms with Crippen LogP contribution < -0.4 is 34.7 Å². The van der Waals surface area contributed by atoms with Gasteiger partial charge in [-0.25, -0.2) is 0 Å². The summed E-state index contributed by atoms with van der Waals surface area (Å²) in [4.78, 5) is 9.99. The van der Waals surface area contributed by atoms with Crippen molar-refractivity contribution in [1.82, 2.24) is 0 Å². The van der Waals surface area contributed by atoms with Gasteiger partial charge < -0.3 is 9.90 Å². The summed E-state index contributed by atoms with van der Waals surface area (Å²) in [6, 6.07) is 0. The molecule has 0 rings (SSSR count). The van der Waals surface area contributed by atoms with Crippen LogP contribution in [0, 0.1) is 0 Å². The second kappa shape index (κ2) is 10.5. The zero-order valence-electron chi connectivity index (χ0n) is 10.1. The van der Waals surface area contributed by atoms with E-state index >= 15 is 0 Å². The molecule has 0 N–H and O–H groups in total. The quantitative estimate of drug-likeness (QED) is 0.344. The fraction of sp³-hybridized carbons (Fsp3) is 0.875. The number of hydrogen-bond donors (Lipinski definition) is 0. The second-order valence-corrected chi connectivity index (χ2v) is 2.29. The van der Waals surface area contributed by atoms with E-state index < -0.39 is 12.8 Å². The number of carboxylic acid groups (broad SMARTS) is 1. The van der Waals surface area contributed by atoms with Gasteiger partial charge >= 0.3 is 29.6 Å². The molecule has 0 aliphatic carbocycles. The molecule has 0 radical (unpaired) electrons. The van der Waals surface area contributed by atoms with Gasteiger partial charge in [-0.3, -0.25) is 0 Å². The van der Waals surface area contributed by atoms with Gasteiger partial charge in [0.05, 0.1) is 0 Å². The van der Waals surface area contributed by atoms with Crippen molar-refractivity contribution in [2.45, 2.75) is 45.4 Å². The van der Waals surface area contributed by atoms with Crippen LogP contribution in [0.25, 0.3) is 0 Å². The average molecular weight is 169 g/mol. The van der Waals surface area contributed by atoms with Crippen LogP contribution >= 0.6 is 0 Å². The maximum absolute atomic E-state index is 9.99. The van der Waals surface area contributed by atoms with Crippen LogP contribution in [0.2, 0.25) is 0 Å². The number of hydrogen-bond acceptors (Lipinski definition) is 2. The molecule has 0 amide bonds. The topological polar surface area (TPSA) is 40.1 Å². The van der Waals surface area contributed by atoms with Gasteiger partial charge in [0.25, 0.3) is 0 Å². The van der Waals surface area contributed by atoms with Crippen molar-refractivity contribution in [2.75, 3.05) is 0 Å². The van der Waals surface area contributed by atoms with E-state index in [4.69, 9.17) is 4.11 Å². The molecule has 60 valence electrons. The second-order valence-electron chi connectivity index (χ2n) is 2.29. The molecule has 0 aliphatic heterocycles. The van der Waals surface area contributed by atoms with Gasteiger partial charge in [-0.15, -0.1) is 0 Å². The van der Waals surface area contributed by atoms with Gasteiger partial charge in [-0.05, 0) is 12.8 Å². The van der Waals surface area contributed by atoms with Crippen molar-refractivity contribution >= 4 is 5.97 Å². The minimum absolute atomic E-state index is 0. The molecular formula is C8H15NaO2. The van der Waals surface area contributed by atoms with Crippen molar-refractivity contribution in [3.8, 4) is 0 Å². The summed E-state index contributed by atoms with van der Waals surface area (Å²) in [6.45, 7) is -1.84. The molecule has 0 bridgehead atoms. The van der Waals surface area contributed by atoms with Crippen LogP contribution in [0.15, 0.2) is 0 Å². The van der Waals surface area contributed by atoms with Crippen LogP contribution in [-0.2, 0) is 4.79 Å². The number of carboxylic acids is 1. The normalized spacial score (nSPS) is 14.0. The molecule has 0 saturated heterocycles. The van der Waals surface area contributed by atoms with E-state index in [-0.39, 0.29) is 42.4 Å². The SMILES string of the molecule is [2H]C([2H])([2H])CCCCCCC(=O)[O-].[Na+]. The molecule has 2 nitrogen and oxygen atoms in total. The number of rotatable bonds is 6. The standard InChI is InChI=1S/C8H16O2.Na/c1-2-3-4-5-6-7-8(9)10;/h2-7H2,1H3,(H,9,10);/q;+1/p-1/i1D3;. The fourth-order valence-electron chi connectivity index (χ4n) is 0.748. The summed E-state index contributed by atoms with van der Waals surface area (Å²) in [7, 11) is 0. The van der Waals surface area contributed by atoms with Gasteiger partial charge in [0.15, 0.2) is 0 Å². The number of aliphatic carboxylic acids is 1. The van der Waals surface area contributed by atoms with Crippen LogP contribution in [0.5, 0.6) is 0 Å². The Kier molecular flexibility index (Phi) is 7.70. The Labute approximate surface area is 94.9 Å². The minimum Gasteiger partial charge on any atom is -0.550 e. The van der Waals surface area contributed by atoms with Gasteiger partial charge in [0.2, 0.25) is 0 Å². The first-order valence-electron chi connectivity index (χ1n) is 5.12. The van der Waals surface area contributed by atoms with Crippen molar-refractivity contribution in [2.24, 2.45) is 0 Å². The summed E-state index contributed by atoms with van der Waals surface area (Å²) in [5.74, 6) is -1.03. The number of carbonyl (C=O) groups excluding carboxylic acids is 1. The maximum Gasteiger partial charge on any atom is 1.00 e. The molecule has 0 unspecified atom stereocenters. The van der Waals surface area contributed by atoms with Gasteiger partial charge in [-0.2, -0.15) is 0 Å². The van der Waals surface area contributed by atoms with E-state index in [1.807, 2.05) is 0 Å². The summed E-state index contributed by atoms with van der Waals surface area (Å²) >= 11 is 0. The van der Waals surface area contributed by atoms with E-state index in [1.165, 1.54) is 0 Å². The molecule has 0 fully saturated rings. The Hall–Kier alpha value is 0.470. The zero-order valence-corrected chi connectivity index (χ0v) is 9.06. The predicted octanol–water partition coefficient (Wildman–Crippen LogP) is -1.90.